The van der Waals surface area contributed by atoms with Gasteiger partial charge in [-0.15, -0.1) is 0 Å². The molecule has 2 aromatic carbocycles. The highest BCUT2D eigenvalue weighted by molar-refractivity contribution is 5.55. The SMILES string of the molecule is Cc1ccc(C[NH+]2CCN(c3cc(C)ccc3C)CC2)cc1. The zero-order valence-electron chi connectivity index (χ0n) is 14.0. The summed E-state index contributed by atoms with van der Waals surface area (Å²) in [4.78, 5) is 4.26. The van der Waals surface area contributed by atoms with E-state index in [9.17, 15) is 0 Å². The first-order valence-corrected chi connectivity index (χ1v) is 8.33. The van der Waals surface area contributed by atoms with Crippen LogP contribution in [0.4, 0.5) is 5.69 Å². The number of benzene rings is 2. The van der Waals surface area contributed by atoms with Crippen LogP contribution in [0, 0.1) is 20.8 Å². The Kier molecular flexibility index (Phi) is 4.49. The first-order valence-electron chi connectivity index (χ1n) is 8.33. The number of nitrogens with one attached hydrogen (secondary N) is 1. The molecular formula is C20H27N2+. The Bertz CT molecular complexity index is 623. The van der Waals surface area contributed by atoms with E-state index in [0.717, 1.165) is 19.6 Å². The van der Waals surface area contributed by atoms with Crippen molar-refractivity contribution in [2.75, 3.05) is 31.1 Å². The van der Waals surface area contributed by atoms with Crippen LogP contribution >= 0.6 is 0 Å². The summed E-state index contributed by atoms with van der Waals surface area (Å²) >= 11 is 0. The molecule has 0 radical (unpaired) electrons. The van der Waals surface area contributed by atoms with Crippen LogP contribution in [0.25, 0.3) is 0 Å². The molecule has 1 fully saturated rings. The molecule has 116 valence electrons. The molecule has 1 N–H and O–H groups in total. The van der Waals surface area contributed by atoms with Gasteiger partial charge in [-0.2, -0.15) is 0 Å². The summed E-state index contributed by atoms with van der Waals surface area (Å²) in [5.74, 6) is 0. The molecule has 3 rings (SSSR count). The van der Waals surface area contributed by atoms with Crippen LogP contribution < -0.4 is 9.80 Å². The van der Waals surface area contributed by atoms with Crippen LogP contribution in [0.5, 0.6) is 0 Å². The van der Waals surface area contributed by atoms with Crippen molar-refractivity contribution in [1.29, 1.82) is 0 Å². The second kappa shape index (κ2) is 6.53. The fraction of sp³-hybridized carbons (Fsp3) is 0.400. The highest BCUT2D eigenvalue weighted by atomic mass is 15.3. The van der Waals surface area contributed by atoms with E-state index in [0.29, 0.717) is 0 Å². The zero-order valence-corrected chi connectivity index (χ0v) is 14.0. The van der Waals surface area contributed by atoms with Crippen LogP contribution in [0.15, 0.2) is 42.5 Å². The number of anilines is 1. The number of nitrogens with zero attached hydrogens (tertiary/aromatic N) is 1. The van der Waals surface area contributed by atoms with Gasteiger partial charge in [0.05, 0.1) is 26.2 Å². The molecule has 1 saturated heterocycles. The summed E-state index contributed by atoms with van der Waals surface area (Å²) in [7, 11) is 0. The number of piperazine rings is 1. The molecule has 2 heteroatoms. The normalized spacial score (nSPS) is 16.0. The fourth-order valence-electron chi connectivity index (χ4n) is 3.30. The maximum Gasteiger partial charge on any atom is 0.103 e. The highest BCUT2D eigenvalue weighted by Gasteiger charge is 2.21. The van der Waals surface area contributed by atoms with Crippen molar-refractivity contribution >= 4 is 5.69 Å². The number of rotatable bonds is 3. The Morgan fingerprint density at radius 2 is 1.50 bits per heavy atom. The van der Waals surface area contributed by atoms with Crippen LogP contribution in [-0.2, 0) is 6.54 Å². The average molecular weight is 295 g/mol. The van der Waals surface area contributed by atoms with Gasteiger partial charge in [-0.05, 0) is 38.0 Å². The molecule has 2 aromatic rings. The minimum absolute atomic E-state index is 1.15. The zero-order chi connectivity index (χ0) is 15.5. The summed E-state index contributed by atoms with van der Waals surface area (Å²) in [6.07, 6.45) is 0. The maximum atomic E-state index is 2.56. The van der Waals surface area contributed by atoms with Gasteiger partial charge < -0.3 is 9.80 Å². The molecule has 0 aliphatic carbocycles. The lowest BCUT2D eigenvalue weighted by Crippen LogP contribution is -3.13. The minimum Gasteiger partial charge on any atom is -0.360 e. The van der Waals surface area contributed by atoms with Crippen molar-refractivity contribution in [3.8, 4) is 0 Å². The van der Waals surface area contributed by atoms with E-state index in [1.54, 1.807) is 4.90 Å². The third-order valence-corrected chi connectivity index (χ3v) is 4.75. The Labute approximate surface area is 134 Å². The van der Waals surface area contributed by atoms with Crippen molar-refractivity contribution in [2.45, 2.75) is 27.3 Å². The minimum atomic E-state index is 1.15. The first kappa shape index (κ1) is 15.1. The molecule has 0 amide bonds. The van der Waals surface area contributed by atoms with Gasteiger partial charge in [-0.3, -0.25) is 0 Å². The standard InChI is InChI=1S/C20H26N2/c1-16-5-8-19(9-6-16)15-21-10-12-22(13-11-21)20-14-17(2)4-7-18(20)3/h4-9,14H,10-13,15H2,1-3H3/p+1. The van der Waals surface area contributed by atoms with Crippen LogP contribution in [0.2, 0.25) is 0 Å². The van der Waals surface area contributed by atoms with Gasteiger partial charge >= 0.3 is 0 Å². The maximum absolute atomic E-state index is 2.56. The third kappa shape index (κ3) is 3.50. The van der Waals surface area contributed by atoms with E-state index in [1.165, 1.54) is 41.0 Å². The Hall–Kier alpha value is -1.80. The van der Waals surface area contributed by atoms with E-state index in [2.05, 4.69) is 68.1 Å². The average Bonchev–Trinajstić information content (AvgIpc) is 2.53. The summed E-state index contributed by atoms with van der Waals surface area (Å²) in [6, 6.07) is 15.8. The van der Waals surface area contributed by atoms with Gasteiger partial charge in [0.1, 0.15) is 6.54 Å². The predicted molar refractivity (Wildman–Crippen MR) is 93.7 cm³/mol. The van der Waals surface area contributed by atoms with Gasteiger partial charge in [-0.25, -0.2) is 0 Å². The summed E-state index contributed by atoms with van der Waals surface area (Å²) in [5, 5.41) is 0. The number of quaternary nitrogens is 1. The molecule has 0 bridgehead atoms. The Balaban J connectivity index is 1.60. The van der Waals surface area contributed by atoms with E-state index >= 15 is 0 Å². The molecule has 0 aromatic heterocycles. The number of hydrogen-bond acceptors (Lipinski definition) is 1. The fourth-order valence-corrected chi connectivity index (χ4v) is 3.30. The summed E-state index contributed by atoms with van der Waals surface area (Å²) in [6.45, 7) is 12.5. The second-order valence-corrected chi connectivity index (χ2v) is 6.69. The molecule has 0 atom stereocenters. The van der Waals surface area contributed by atoms with Crippen LogP contribution in [0.3, 0.4) is 0 Å². The van der Waals surface area contributed by atoms with E-state index in [4.69, 9.17) is 0 Å². The molecular weight excluding hydrogens is 268 g/mol. The monoisotopic (exact) mass is 295 g/mol. The van der Waals surface area contributed by atoms with Crippen molar-refractivity contribution in [2.24, 2.45) is 0 Å². The van der Waals surface area contributed by atoms with Crippen molar-refractivity contribution < 1.29 is 4.90 Å². The van der Waals surface area contributed by atoms with Gasteiger partial charge in [-0.1, -0.05) is 42.0 Å². The first-order chi connectivity index (χ1) is 10.6. The van der Waals surface area contributed by atoms with Gasteiger partial charge in [0.25, 0.3) is 0 Å². The van der Waals surface area contributed by atoms with Crippen LogP contribution in [-0.4, -0.2) is 26.2 Å². The lowest BCUT2D eigenvalue weighted by Gasteiger charge is -2.34. The highest BCUT2D eigenvalue weighted by Crippen LogP contribution is 2.21. The van der Waals surface area contributed by atoms with Gasteiger partial charge in [0, 0.05) is 11.3 Å². The smallest absolute Gasteiger partial charge is 0.103 e. The quantitative estimate of drug-likeness (QED) is 0.914. The van der Waals surface area contributed by atoms with Crippen molar-refractivity contribution in [3.63, 3.8) is 0 Å². The molecule has 0 saturated carbocycles. The number of aryl methyl sites for hydroxylation is 3. The predicted octanol–water partition coefficient (Wildman–Crippen LogP) is 2.52. The summed E-state index contributed by atoms with van der Waals surface area (Å²) in [5.41, 5.74) is 6.98. The molecule has 1 aliphatic rings. The van der Waals surface area contributed by atoms with Gasteiger partial charge in [0.2, 0.25) is 0 Å². The van der Waals surface area contributed by atoms with Crippen molar-refractivity contribution in [1.82, 2.24) is 0 Å². The Morgan fingerprint density at radius 3 is 2.18 bits per heavy atom. The largest absolute Gasteiger partial charge is 0.360 e. The lowest BCUT2D eigenvalue weighted by atomic mass is 10.1. The second-order valence-electron chi connectivity index (χ2n) is 6.69. The molecule has 1 aliphatic heterocycles. The topological polar surface area (TPSA) is 7.68 Å². The van der Waals surface area contributed by atoms with Gasteiger partial charge in [0.15, 0.2) is 0 Å². The summed E-state index contributed by atoms with van der Waals surface area (Å²) < 4.78 is 0. The molecule has 2 nitrogen and oxygen atoms in total. The van der Waals surface area contributed by atoms with Crippen molar-refractivity contribution in [3.05, 3.63) is 64.7 Å². The lowest BCUT2D eigenvalue weighted by molar-refractivity contribution is -0.914. The van der Waals surface area contributed by atoms with E-state index in [1.807, 2.05) is 0 Å². The molecule has 1 heterocycles. The number of hydrogen-bond donors (Lipinski definition) is 1. The molecule has 0 unspecified atom stereocenters. The Morgan fingerprint density at radius 1 is 0.864 bits per heavy atom. The van der Waals surface area contributed by atoms with E-state index in [-0.39, 0.29) is 0 Å². The molecule has 0 spiro atoms. The molecule has 22 heavy (non-hydrogen) atoms. The van der Waals surface area contributed by atoms with Crippen LogP contribution in [0.1, 0.15) is 22.3 Å². The third-order valence-electron chi connectivity index (χ3n) is 4.75. The van der Waals surface area contributed by atoms with E-state index < -0.39 is 0 Å².